The predicted octanol–water partition coefficient (Wildman–Crippen LogP) is 2.04. The molecule has 116 valence electrons. The van der Waals surface area contributed by atoms with Crippen molar-refractivity contribution in [1.82, 2.24) is 20.3 Å². The summed E-state index contributed by atoms with van der Waals surface area (Å²) in [4.78, 5) is 13.4. The molecule has 0 radical (unpaired) electrons. The third-order valence-electron chi connectivity index (χ3n) is 4.26. The minimum Gasteiger partial charge on any atom is -0.481 e. The predicted molar refractivity (Wildman–Crippen MR) is 80.0 cm³/mol. The van der Waals surface area contributed by atoms with Crippen molar-refractivity contribution in [2.75, 3.05) is 19.6 Å². The first-order valence-electron chi connectivity index (χ1n) is 7.55. The monoisotopic (exact) mass is 292 g/mol. The molecule has 2 atom stereocenters. The van der Waals surface area contributed by atoms with Gasteiger partial charge in [-0.05, 0) is 25.7 Å². The summed E-state index contributed by atoms with van der Waals surface area (Å²) in [5.41, 5.74) is 2.29. The molecule has 0 saturated carbocycles. The maximum atomic E-state index is 11.0. The fourth-order valence-corrected chi connectivity index (χ4v) is 2.94. The number of H-pyrrole nitrogens is 1. The van der Waals surface area contributed by atoms with Gasteiger partial charge in [-0.2, -0.15) is 15.4 Å². The minimum atomic E-state index is -0.739. The highest BCUT2D eigenvalue weighted by molar-refractivity contribution is 5.67. The standard InChI is InChI=1S/C15H24N4O2/c1-3-11(2)5-4-6-19-9-12(7-15(20)21)13(10-19)14-8-16-18-17-14/h5,8,12-13H,3-4,6-7,9-10H2,1-2H3,(H,20,21)(H,16,17,18)/t12-,13+/m0/s1. The molecule has 0 spiro atoms. The molecule has 2 rings (SSSR count). The van der Waals surface area contributed by atoms with E-state index in [4.69, 9.17) is 5.11 Å². The largest absolute Gasteiger partial charge is 0.481 e. The van der Waals surface area contributed by atoms with Crippen molar-refractivity contribution in [3.8, 4) is 0 Å². The maximum Gasteiger partial charge on any atom is 0.303 e. The zero-order chi connectivity index (χ0) is 15.2. The van der Waals surface area contributed by atoms with Crippen molar-refractivity contribution in [1.29, 1.82) is 0 Å². The Morgan fingerprint density at radius 2 is 2.38 bits per heavy atom. The Morgan fingerprint density at radius 1 is 1.57 bits per heavy atom. The van der Waals surface area contributed by atoms with Gasteiger partial charge in [0.25, 0.3) is 0 Å². The van der Waals surface area contributed by atoms with Crippen molar-refractivity contribution >= 4 is 5.97 Å². The third kappa shape index (κ3) is 4.39. The highest BCUT2D eigenvalue weighted by atomic mass is 16.4. The van der Waals surface area contributed by atoms with Gasteiger partial charge in [-0.25, -0.2) is 0 Å². The van der Waals surface area contributed by atoms with Gasteiger partial charge in [0.1, 0.15) is 0 Å². The molecule has 2 heterocycles. The number of carbonyl (C=O) groups is 1. The number of hydrogen-bond donors (Lipinski definition) is 2. The van der Waals surface area contributed by atoms with Crippen LogP contribution in [0.2, 0.25) is 0 Å². The Bertz CT molecular complexity index is 484. The molecule has 1 fully saturated rings. The second-order valence-corrected chi connectivity index (χ2v) is 5.81. The smallest absolute Gasteiger partial charge is 0.303 e. The van der Waals surface area contributed by atoms with Gasteiger partial charge in [0, 0.05) is 25.6 Å². The number of rotatable bonds is 7. The van der Waals surface area contributed by atoms with E-state index in [2.05, 4.69) is 40.2 Å². The summed E-state index contributed by atoms with van der Waals surface area (Å²) in [6.45, 7) is 6.97. The molecule has 6 heteroatoms. The normalized spacial score (nSPS) is 23.6. The molecule has 1 aliphatic heterocycles. The molecule has 0 bridgehead atoms. The zero-order valence-corrected chi connectivity index (χ0v) is 12.7. The van der Waals surface area contributed by atoms with E-state index >= 15 is 0 Å². The number of allylic oxidation sites excluding steroid dienone is 1. The van der Waals surface area contributed by atoms with Crippen molar-refractivity contribution < 1.29 is 9.90 Å². The van der Waals surface area contributed by atoms with Crippen molar-refractivity contribution in [3.63, 3.8) is 0 Å². The SMILES string of the molecule is CCC(C)=CCCN1C[C@H](CC(=O)O)[C@H](c2cn[nH]n2)C1. The molecule has 21 heavy (non-hydrogen) atoms. The van der Waals surface area contributed by atoms with Crippen LogP contribution in [0.4, 0.5) is 0 Å². The first kappa shape index (κ1) is 15.7. The van der Waals surface area contributed by atoms with Crippen LogP contribution < -0.4 is 0 Å². The van der Waals surface area contributed by atoms with E-state index in [1.807, 2.05) is 0 Å². The molecule has 1 saturated heterocycles. The van der Waals surface area contributed by atoms with Crippen LogP contribution in [0, 0.1) is 5.92 Å². The summed E-state index contributed by atoms with van der Waals surface area (Å²) >= 11 is 0. The summed E-state index contributed by atoms with van der Waals surface area (Å²) in [5, 5.41) is 19.7. The highest BCUT2D eigenvalue weighted by Crippen LogP contribution is 2.33. The molecule has 2 N–H and O–H groups in total. The van der Waals surface area contributed by atoms with Gasteiger partial charge >= 0.3 is 5.97 Å². The van der Waals surface area contributed by atoms with Crippen LogP contribution in [0.5, 0.6) is 0 Å². The summed E-state index contributed by atoms with van der Waals surface area (Å²) in [5.74, 6) is -0.461. The lowest BCUT2D eigenvalue weighted by molar-refractivity contribution is -0.138. The Labute approximate surface area is 125 Å². The number of nitrogens with zero attached hydrogens (tertiary/aromatic N) is 3. The van der Waals surface area contributed by atoms with E-state index in [0.29, 0.717) is 0 Å². The Kier molecular flexibility index (Phi) is 5.50. The van der Waals surface area contributed by atoms with Crippen LogP contribution in [0.15, 0.2) is 17.8 Å². The lowest BCUT2D eigenvalue weighted by atomic mass is 9.91. The number of likely N-dealkylation sites (tertiary alicyclic amines) is 1. The van der Waals surface area contributed by atoms with Gasteiger partial charge in [0.15, 0.2) is 0 Å². The van der Waals surface area contributed by atoms with E-state index in [1.165, 1.54) is 5.57 Å². The van der Waals surface area contributed by atoms with Crippen molar-refractivity contribution in [2.45, 2.75) is 39.0 Å². The number of carboxylic acid groups (broad SMARTS) is 1. The van der Waals surface area contributed by atoms with E-state index < -0.39 is 5.97 Å². The van der Waals surface area contributed by atoms with E-state index in [-0.39, 0.29) is 18.3 Å². The fourth-order valence-electron chi connectivity index (χ4n) is 2.94. The number of hydrogen-bond acceptors (Lipinski definition) is 4. The van der Waals surface area contributed by atoms with Crippen LogP contribution in [-0.4, -0.2) is 51.0 Å². The van der Waals surface area contributed by atoms with Gasteiger partial charge < -0.3 is 10.0 Å². The first-order valence-corrected chi connectivity index (χ1v) is 7.55. The van der Waals surface area contributed by atoms with Crippen molar-refractivity contribution in [2.24, 2.45) is 5.92 Å². The second kappa shape index (κ2) is 7.36. The summed E-state index contributed by atoms with van der Waals surface area (Å²) in [6, 6.07) is 0. The molecule has 0 aromatic carbocycles. The van der Waals surface area contributed by atoms with Gasteiger partial charge in [-0.15, -0.1) is 0 Å². The molecule has 1 aliphatic rings. The third-order valence-corrected chi connectivity index (χ3v) is 4.26. The number of aliphatic carboxylic acids is 1. The Morgan fingerprint density at radius 3 is 3.00 bits per heavy atom. The zero-order valence-electron chi connectivity index (χ0n) is 12.7. The maximum absolute atomic E-state index is 11.0. The first-order chi connectivity index (χ1) is 10.1. The molecule has 1 aromatic heterocycles. The number of nitrogens with one attached hydrogen (secondary N) is 1. The van der Waals surface area contributed by atoms with Gasteiger partial charge in [0.2, 0.25) is 0 Å². The van der Waals surface area contributed by atoms with Gasteiger partial charge in [-0.1, -0.05) is 18.6 Å². The van der Waals surface area contributed by atoms with E-state index in [0.717, 1.165) is 38.2 Å². The Hall–Kier alpha value is -1.69. The van der Waals surface area contributed by atoms with Crippen LogP contribution in [0.1, 0.15) is 44.7 Å². The van der Waals surface area contributed by atoms with Crippen molar-refractivity contribution in [3.05, 3.63) is 23.5 Å². The second-order valence-electron chi connectivity index (χ2n) is 5.81. The average molecular weight is 292 g/mol. The van der Waals surface area contributed by atoms with E-state index in [1.54, 1.807) is 6.20 Å². The van der Waals surface area contributed by atoms with Crippen LogP contribution >= 0.6 is 0 Å². The van der Waals surface area contributed by atoms with Crippen LogP contribution in [-0.2, 0) is 4.79 Å². The summed E-state index contributed by atoms with van der Waals surface area (Å²) < 4.78 is 0. The molecule has 0 amide bonds. The number of aromatic amines is 1. The lowest BCUT2D eigenvalue weighted by Gasteiger charge is -2.14. The fraction of sp³-hybridized carbons (Fsp3) is 0.667. The van der Waals surface area contributed by atoms with Gasteiger partial charge in [-0.3, -0.25) is 4.79 Å². The quantitative estimate of drug-likeness (QED) is 0.752. The molecular weight excluding hydrogens is 268 g/mol. The minimum absolute atomic E-state index is 0.115. The molecule has 1 aromatic rings. The van der Waals surface area contributed by atoms with E-state index in [9.17, 15) is 4.79 Å². The Balaban J connectivity index is 1.95. The molecule has 0 aliphatic carbocycles. The molecule has 6 nitrogen and oxygen atoms in total. The van der Waals surface area contributed by atoms with Gasteiger partial charge in [0.05, 0.1) is 18.3 Å². The summed E-state index contributed by atoms with van der Waals surface area (Å²) in [7, 11) is 0. The lowest BCUT2D eigenvalue weighted by Crippen LogP contribution is -2.22. The number of carboxylic acids is 1. The molecule has 0 unspecified atom stereocenters. The average Bonchev–Trinajstić information content (AvgIpc) is 3.07. The van der Waals surface area contributed by atoms with Crippen LogP contribution in [0.3, 0.4) is 0 Å². The number of aromatic nitrogens is 3. The molecular formula is C15H24N4O2. The highest BCUT2D eigenvalue weighted by Gasteiger charge is 2.36. The summed E-state index contributed by atoms with van der Waals surface area (Å²) in [6.07, 6.45) is 6.28. The van der Waals surface area contributed by atoms with Crippen LogP contribution in [0.25, 0.3) is 0 Å². The topological polar surface area (TPSA) is 82.1 Å².